The van der Waals surface area contributed by atoms with Gasteiger partial charge in [0.1, 0.15) is 11.6 Å². The molecule has 1 heterocycles. The van der Waals surface area contributed by atoms with Gasteiger partial charge in [0.2, 0.25) is 0 Å². The molecular formula is C19H18Cl2F2N2O. The van der Waals surface area contributed by atoms with Crippen LogP contribution in [0.4, 0.5) is 8.78 Å². The molecule has 138 valence electrons. The lowest BCUT2D eigenvalue weighted by atomic mass is 10.0. The molecule has 0 aliphatic carbocycles. The lowest BCUT2D eigenvalue weighted by molar-refractivity contribution is 0.0933. The molecule has 1 unspecified atom stereocenters. The molecule has 1 amide bonds. The van der Waals surface area contributed by atoms with Gasteiger partial charge in [-0.2, -0.15) is 0 Å². The van der Waals surface area contributed by atoms with Gasteiger partial charge in [0.25, 0.3) is 5.91 Å². The minimum absolute atomic E-state index is 0.0316. The Hall–Kier alpha value is -1.69. The Balaban J connectivity index is 1.84. The molecule has 1 saturated heterocycles. The highest BCUT2D eigenvalue weighted by Gasteiger charge is 2.28. The van der Waals surface area contributed by atoms with Gasteiger partial charge in [0, 0.05) is 17.1 Å². The van der Waals surface area contributed by atoms with Crippen LogP contribution in [0.3, 0.4) is 0 Å². The summed E-state index contributed by atoms with van der Waals surface area (Å²) in [6, 6.07) is 8.14. The van der Waals surface area contributed by atoms with Crippen molar-refractivity contribution in [1.29, 1.82) is 0 Å². The third kappa shape index (κ3) is 4.00. The molecule has 7 heteroatoms. The van der Waals surface area contributed by atoms with Crippen LogP contribution in [0.5, 0.6) is 0 Å². The number of halogens is 4. The molecule has 3 rings (SSSR count). The zero-order chi connectivity index (χ0) is 18.7. The van der Waals surface area contributed by atoms with Crippen molar-refractivity contribution in [3.05, 3.63) is 69.2 Å². The maximum Gasteiger partial charge on any atom is 0.255 e. The Labute approximate surface area is 160 Å². The molecule has 0 aromatic heterocycles. The van der Waals surface area contributed by atoms with Crippen molar-refractivity contribution in [2.24, 2.45) is 0 Å². The number of rotatable bonds is 5. The molecule has 2 aromatic carbocycles. The summed E-state index contributed by atoms with van der Waals surface area (Å²) in [7, 11) is 0. The zero-order valence-electron chi connectivity index (χ0n) is 13.9. The lowest BCUT2D eigenvalue weighted by Crippen LogP contribution is -2.37. The Kier molecular flexibility index (Phi) is 6.12. The fourth-order valence-electron chi connectivity index (χ4n) is 3.29. The molecule has 0 bridgehead atoms. The van der Waals surface area contributed by atoms with Gasteiger partial charge in [-0.15, -0.1) is 0 Å². The van der Waals surface area contributed by atoms with Crippen LogP contribution in [-0.4, -0.2) is 30.4 Å². The van der Waals surface area contributed by atoms with E-state index in [1.54, 1.807) is 12.1 Å². The second-order valence-corrected chi connectivity index (χ2v) is 7.02. The molecule has 0 radical (unpaired) electrons. The quantitative estimate of drug-likeness (QED) is 0.781. The first-order chi connectivity index (χ1) is 12.5. The molecule has 2 aromatic rings. The van der Waals surface area contributed by atoms with Crippen molar-refractivity contribution in [3.8, 4) is 0 Å². The van der Waals surface area contributed by atoms with Gasteiger partial charge in [0.15, 0.2) is 0 Å². The van der Waals surface area contributed by atoms with E-state index in [-0.39, 0.29) is 17.1 Å². The molecule has 1 fully saturated rings. The van der Waals surface area contributed by atoms with Crippen LogP contribution in [0.1, 0.15) is 34.8 Å². The summed E-state index contributed by atoms with van der Waals surface area (Å²) in [5.74, 6) is -1.76. The number of likely N-dealkylation sites (tertiary alicyclic amines) is 1. The van der Waals surface area contributed by atoms with Crippen LogP contribution >= 0.6 is 23.2 Å². The highest BCUT2D eigenvalue weighted by atomic mass is 35.5. The highest BCUT2D eigenvalue weighted by molar-refractivity contribution is 6.33. The molecular weight excluding hydrogens is 381 g/mol. The SMILES string of the molecule is O=C(NCC(c1c(F)cccc1Cl)N1CCCC1)c1c(F)cccc1Cl. The second kappa shape index (κ2) is 8.33. The van der Waals surface area contributed by atoms with Gasteiger partial charge in [-0.3, -0.25) is 9.69 Å². The van der Waals surface area contributed by atoms with Gasteiger partial charge < -0.3 is 5.32 Å². The van der Waals surface area contributed by atoms with E-state index in [1.165, 1.54) is 24.3 Å². The minimum atomic E-state index is -0.698. The Morgan fingerprint density at radius 3 is 2.27 bits per heavy atom. The van der Waals surface area contributed by atoms with E-state index in [0.717, 1.165) is 25.9 Å². The van der Waals surface area contributed by atoms with Crippen LogP contribution < -0.4 is 5.32 Å². The van der Waals surface area contributed by atoms with E-state index >= 15 is 0 Å². The van der Waals surface area contributed by atoms with E-state index in [0.29, 0.717) is 10.6 Å². The van der Waals surface area contributed by atoms with E-state index in [1.807, 2.05) is 0 Å². The molecule has 1 N–H and O–H groups in total. The van der Waals surface area contributed by atoms with Crippen LogP contribution in [0.2, 0.25) is 10.0 Å². The smallest absolute Gasteiger partial charge is 0.255 e. The average Bonchev–Trinajstić information content (AvgIpc) is 3.11. The average molecular weight is 399 g/mol. The summed E-state index contributed by atoms with van der Waals surface area (Å²) in [6.45, 7) is 1.67. The number of nitrogens with zero attached hydrogens (tertiary/aromatic N) is 1. The van der Waals surface area contributed by atoms with Gasteiger partial charge >= 0.3 is 0 Å². The third-order valence-corrected chi connectivity index (χ3v) is 5.20. The van der Waals surface area contributed by atoms with Crippen molar-refractivity contribution in [2.75, 3.05) is 19.6 Å². The number of carbonyl (C=O) groups excluding carboxylic acids is 1. The van der Waals surface area contributed by atoms with E-state index in [9.17, 15) is 13.6 Å². The summed E-state index contributed by atoms with van der Waals surface area (Å²) >= 11 is 12.2. The second-order valence-electron chi connectivity index (χ2n) is 6.20. The number of amides is 1. The first-order valence-corrected chi connectivity index (χ1v) is 9.15. The van der Waals surface area contributed by atoms with Crippen LogP contribution in [0.25, 0.3) is 0 Å². The molecule has 3 nitrogen and oxygen atoms in total. The first-order valence-electron chi connectivity index (χ1n) is 8.39. The fourth-order valence-corrected chi connectivity index (χ4v) is 3.83. The van der Waals surface area contributed by atoms with Gasteiger partial charge in [-0.25, -0.2) is 8.78 Å². The molecule has 0 spiro atoms. The molecule has 1 aliphatic heterocycles. The number of benzene rings is 2. The maximum absolute atomic E-state index is 14.4. The predicted molar refractivity (Wildman–Crippen MR) is 98.7 cm³/mol. The van der Waals surface area contributed by atoms with Crippen molar-refractivity contribution in [3.63, 3.8) is 0 Å². The van der Waals surface area contributed by atoms with E-state index in [4.69, 9.17) is 23.2 Å². The fraction of sp³-hybridized carbons (Fsp3) is 0.316. The number of hydrogen-bond donors (Lipinski definition) is 1. The minimum Gasteiger partial charge on any atom is -0.350 e. The van der Waals surface area contributed by atoms with E-state index < -0.39 is 23.6 Å². The van der Waals surface area contributed by atoms with Crippen molar-refractivity contribution in [1.82, 2.24) is 10.2 Å². The lowest BCUT2D eigenvalue weighted by Gasteiger charge is -2.29. The monoisotopic (exact) mass is 398 g/mol. The molecule has 0 saturated carbocycles. The topological polar surface area (TPSA) is 32.3 Å². The predicted octanol–water partition coefficient (Wildman–Crippen LogP) is 4.84. The third-order valence-electron chi connectivity index (χ3n) is 4.56. The first kappa shape index (κ1) is 19.1. The molecule has 1 atom stereocenters. The van der Waals surface area contributed by atoms with Gasteiger partial charge in [-0.1, -0.05) is 35.3 Å². The summed E-state index contributed by atoms with van der Waals surface area (Å²) in [4.78, 5) is 14.5. The zero-order valence-corrected chi connectivity index (χ0v) is 15.5. The van der Waals surface area contributed by atoms with Gasteiger partial charge in [0.05, 0.1) is 16.6 Å². The highest BCUT2D eigenvalue weighted by Crippen LogP contribution is 2.32. The van der Waals surface area contributed by atoms with Crippen molar-refractivity contribution >= 4 is 29.1 Å². The standard InChI is InChI=1S/C19H18Cl2F2N2O/c20-12-5-3-7-14(22)17(12)16(25-9-1-2-10-25)11-24-19(26)18-13(21)6-4-8-15(18)23/h3-8,16H,1-2,9-11H2,(H,24,26). The summed E-state index contributed by atoms with van der Waals surface area (Å²) < 4.78 is 28.4. The van der Waals surface area contributed by atoms with Crippen LogP contribution in [-0.2, 0) is 0 Å². The molecule has 1 aliphatic rings. The summed E-state index contributed by atoms with van der Waals surface area (Å²) in [6.07, 6.45) is 1.99. The maximum atomic E-state index is 14.4. The Morgan fingerprint density at radius 1 is 1.04 bits per heavy atom. The van der Waals surface area contributed by atoms with Crippen molar-refractivity contribution in [2.45, 2.75) is 18.9 Å². The molecule has 26 heavy (non-hydrogen) atoms. The number of carbonyl (C=O) groups is 1. The number of nitrogens with one attached hydrogen (secondary N) is 1. The largest absolute Gasteiger partial charge is 0.350 e. The van der Waals surface area contributed by atoms with Gasteiger partial charge in [-0.05, 0) is 50.2 Å². The summed E-state index contributed by atoms with van der Waals surface area (Å²) in [5.41, 5.74) is 0.130. The van der Waals surface area contributed by atoms with E-state index in [2.05, 4.69) is 10.2 Å². The normalized spacial score (nSPS) is 15.8. The Bertz CT molecular complexity index is 770. The van der Waals surface area contributed by atoms with Crippen LogP contribution in [0, 0.1) is 11.6 Å². The number of hydrogen-bond acceptors (Lipinski definition) is 2. The van der Waals surface area contributed by atoms with Crippen molar-refractivity contribution < 1.29 is 13.6 Å². The Morgan fingerprint density at radius 2 is 1.65 bits per heavy atom. The van der Waals surface area contributed by atoms with Crippen LogP contribution in [0.15, 0.2) is 36.4 Å². The summed E-state index contributed by atoms with van der Waals surface area (Å²) in [5, 5.41) is 3.02.